The first-order chi connectivity index (χ1) is 8.22. The van der Waals surface area contributed by atoms with Gasteiger partial charge in [0.25, 0.3) is 0 Å². The summed E-state index contributed by atoms with van der Waals surface area (Å²) in [5.74, 6) is 0.00211. The average molecular weight is 240 g/mol. The van der Waals surface area contributed by atoms with Crippen LogP contribution in [0.1, 0.15) is 31.4 Å². The van der Waals surface area contributed by atoms with Crippen LogP contribution in [0.3, 0.4) is 0 Å². The topological polar surface area (TPSA) is 47.3 Å². The molecule has 3 nitrogen and oxygen atoms in total. The molecule has 0 fully saturated rings. The maximum atomic E-state index is 13.7. The van der Waals surface area contributed by atoms with Gasteiger partial charge in [0.05, 0.1) is 6.61 Å². The molecule has 0 aliphatic heterocycles. The summed E-state index contributed by atoms with van der Waals surface area (Å²) in [7, 11) is 1.87. The van der Waals surface area contributed by atoms with Crippen molar-refractivity contribution in [2.75, 3.05) is 20.2 Å². The van der Waals surface area contributed by atoms with Crippen LogP contribution in [0.15, 0.2) is 18.2 Å². The van der Waals surface area contributed by atoms with E-state index in [1.807, 2.05) is 20.0 Å². The van der Waals surface area contributed by atoms with Crippen molar-refractivity contribution in [3.8, 4) is 5.75 Å². The molecule has 0 radical (unpaired) electrons. The molecule has 0 aromatic heterocycles. The third-order valence-electron chi connectivity index (χ3n) is 2.70. The number of hydrogen-bond donors (Lipinski definition) is 2. The lowest BCUT2D eigenvalue weighted by Crippen LogP contribution is -2.17. The number of rotatable bonds is 7. The van der Waals surface area contributed by atoms with E-state index in [0.717, 1.165) is 18.4 Å². The second kappa shape index (κ2) is 7.25. The van der Waals surface area contributed by atoms with Crippen molar-refractivity contribution in [1.82, 2.24) is 5.32 Å². The first kappa shape index (κ1) is 13.9. The van der Waals surface area contributed by atoms with E-state index >= 15 is 0 Å². The normalized spacial score (nSPS) is 12.5. The van der Waals surface area contributed by atoms with Crippen LogP contribution in [0.2, 0.25) is 0 Å². The fourth-order valence-corrected chi connectivity index (χ4v) is 1.81. The molecule has 0 bridgehead atoms. The molecule has 17 heavy (non-hydrogen) atoms. The van der Waals surface area contributed by atoms with Crippen molar-refractivity contribution < 1.29 is 9.13 Å². The fourth-order valence-electron chi connectivity index (χ4n) is 1.81. The summed E-state index contributed by atoms with van der Waals surface area (Å²) in [6.07, 6.45) is 1.82. The smallest absolute Gasteiger partial charge is 0.165 e. The summed E-state index contributed by atoms with van der Waals surface area (Å²) in [5, 5.41) is 3.17. The molecule has 4 heteroatoms. The van der Waals surface area contributed by atoms with Crippen LogP contribution in [0.25, 0.3) is 0 Å². The first-order valence-electron chi connectivity index (χ1n) is 6.02. The average Bonchev–Trinajstić information content (AvgIpc) is 2.33. The molecule has 0 saturated carbocycles. The Balaban J connectivity index is 2.79. The molecule has 0 aliphatic rings. The van der Waals surface area contributed by atoms with Crippen molar-refractivity contribution >= 4 is 0 Å². The molecule has 3 N–H and O–H groups in total. The highest BCUT2D eigenvalue weighted by atomic mass is 19.1. The zero-order valence-corrected chi connectivity index (χ0v) is 10.5. The van der Waals surface area contributed by atoms with Gasteiger partial charge in [0.15, 0.2) is 11.6 Å². The number of halogens is 1. The van der Waals surface area contributed by atoms with Gasteiger partial charge < -0.3 is 15.8 Å². The van der Waals surface area contributed by atoms with Crippen LogP contribution in [-0.2, 0) is 0 Å². The van der Waals surface area contributed by atoms with E-state index in [2.05, 4.69) is 5.32 Å². The largest absolute Gasteiger partial charge is 0.491 e. The zero-order valence-electron chi connectivity index (χ0n) is 10.5. The van der Waals surface area contributed by atoms with E-state index in [0.29, 0.717) is 18.9 Å². The SMILES string of the molecule is CCOc1ccc(C(CCCN)NC)cc1F. The third-order valence-corrected chi connectivity index (χ3v) is 2.70. The van der Waals surface area contributed by atoms with Crippen molar-refractivity contribution in [1.29, 1.82) is 0 Å². The Labute approximate surface area is 102 Å². The Kier molecular flexibility index (Phi) is 5.94. The van der Waals surface area contributed by atoms with Crippen molar-refractivity contribution in [3.05, 3.63) is 29.6 Å². The van der Waals surface area contributed by atoms with Gasteiger partial charge in [-0.1, -0.05) is 6.07 Å². The van der Waals surface area contributed by atoms with Crippen molar-refractivity contribution in [2.45, 2.75) is 25.8 Å². The minimum atomic E-state index is -0.308. The fraction of sp³-hybridized carbons (Fsp3) is 0.538. The maximum Gasteiger partial charge on any atom is 0.165 e. The summed E-state index contributed by atoms with van der Waals surface area (Å²) in [4.78, 5) is 0. The second-order valence-corrected chi connectivity index (χ2v) is 3.90. The lowest BCUT2D eigenvalue weighted by Gasteiger charge is -2.17. The van der Waals surface area contributed by atoms with Crippen molar-refractivity contribution in [3.63, 3.8) is 0 Å². The van der Waals surface area contributed by atoms with Crippen LogP contribution >= 0.6 is 0 Å². The highest BCUT2D eigenvalue weighted by molar-refractivity contribution is 5.31. The van der Waals surface area contributed by atoms with E-state index in [-0.39, 0.29) is 11.9 Å². The third kappa shape index (κ3) is 3.98. The van der Waals surface area contributed by atoms with Gasteiger partial charge in [0.1, 0.15) is 0 Å². The maximum absolute atomic E-state index is 13.7. The van der Waals surface area contributed by atoms with Gasteiger partial charge in [-0.15, -0.1) is 0 Å². The van der Waals surface area contributed by atoms with E-state index in [1.165, 1.54) is 6.07 Å². The summed E-state index contributed by atoms with van der Waals surface area (Å²) < 4.78 is 18.8. The molecule has 1 aromatic rings. The van der Waals surface area contributed by atoms with Gasteiger partial charge in [-0.05, 0) is 51.1 Å². The van der Waals surface area contributed by atoms with Crippen LogP contribution in [0, 0.1) is 5.82 Å². The van der Waals surface area contributed by atoms with E-state index < -0.39 is 0 Å². The van der Waals surface area contributed by atoms with Crippen LogP contribution < -0.4 is 15.8 Å². The molecule has 0 heterocycles. The Morgan fingerprint density at radius 1 is 1.47 bits per heavy atom. The summed E-state index contributed by atoms with van der Waals surface area (Å²) in [6.45, 7) is 2.96. The number of ether oxygens (including phenoxy) is 1. The number of hydrogen-bond acceptors (Lipinski definition) is 3. The molecule has 1 unspecified atom stereocenters. The second-order valence-electron chi connectivity index (χ2n) is 3.90. The van der Waals surface area contributed by atoms with Gasteiger partial charge >= 0.3 is 0 Å². The van der Waals surface area contributed by atoms with Gasteiger partial charge in [-0.3, -0.25) is 0 Å². The van der Waals surface area contributed by atoms with Crippen molar-refractivity contribution in [2.24, 2.45) is 5.73 Å². The van der Waals surface area contributed by atoms with Gasteiger partial charge in [-0.2, -0.15) is 0 Å². The summed E-state index contributed by atoms with van der Waals surface area (Å²) >= 11 is 0. The van der Waals surface area contributed by atoms with E-state index in [1.54, 1.807) is 6.07 Å². The standard InChI is InChI=1S/C13H21FN2O/c1-3-17-13-7-6-10(9-11(13)14)12(16-2)5-4-8-15/h6-7,9,12,16H,3-5,8,15H2,1-2H3. The molecule has 1 rings (SSSR count). The lowest BCUT2D eigenvalue weighted by atomic mass is 10.0. The Morgan fingerprint density at radius 2 is 2.24 bits per heavy atom. The number of nitrogens with two attached hydrogens (primary N) is 1. The number of nitrogens with one attached hydrogen (secondary N) is 1. The molecular weight excluding hydrogens is 219 g/mol. The highest BCUT2D eigenvalue weighted by Gasteiger charge is 2.11. The Bertz CT molecular complexity index is 344. The predicted octanol–water partition coefficient (Wildman–Crippen LogP) is 2.22. The molecule has 0 aliphatic carbocycles. The van der Waals surface area contributed by atoms with Gasteiger partial charge in [0, 0.05) is 6.04 Å². The van der Waals surface area contributed by atoms with Crippen LogP contribution in [0.5, 0.6) is 5.75 Å². The summed E-state index contributed by atoms with van der Waals surface area (Å²) in [6, 6.07) is 5.25. The molecule has 96 valence electrons. The lowest BCUT2D eigenvalue weighted by molar-refractivity contribution is 0.321. The van der Waals surface area contributed by atoms with E-state index in [4.69, 9.17) is 10.5 Å². The summed E-state index contributed by atoms with van der Waals surface area (Å²) in [5.41, 5.74) is 6.41. The minimum Gasteiger partial charge on any atom is -0.491 e. The Hall–Kier alpha value is -1.13. The van der Waals surface area contributed by atoms with E-state index in [9.17, 15) is 4.39 Å². The molecule has 1 atom stereocenters. The number of benzene rings is 1. The quantitative estimate of drug-likeness (QED) is 0.768. The highest BCUT2D eigenvalue weighted by Crippen LogP contribution is 2.24. The monoisotopic (exact) mass is 240 g/mol. The minimum absolute atomic E-state index is 0.142. The molecule has 0 saturated heterocycles. The van der Waals surface area contributed by atoms with Crippen LogP contribution in [-0.4, -0.2) is 20.2 Å². The molecule has 1 aromatic carbocycles. The van der Waals surface area contributed by atoms with Crippen LogP contribution in [0.4, 0.5) is 4.39 Å². The predicted molar refractivity (Wildman–Crippen MR) is 67.7 cm³/mol. The zero-order chi connectivity index (χ0) is 12.7. The van der Waals surface area contributed by atoms with Gasteiger partial charge in [-0.25, -0.2) is 4.39 Å². The molecule has 0 spiro atoms. The first-order valence-corrected chi connectivity index (χ1v) is 6.02. The molecular formula is C13H21FN2O. The van der Waals surface area contributed by atoms with Gasteiger partial charge in [0.2, 0.25) is 0 Å². The molecule has 0 amide bonds. The Morgan fingerprint density at radius 3 is 2.76 bits per heavy atom.